The molecule has 1 aromatic rings. The molecule has 0 radical (unpaired) electrons. The summed E-state index contributed by atoms with van der Waals surface area (Å²) in [6.45, 7) is 14.8. The van der Waals surface area contributed by atoms with E-state index in [1.807, 2.05) is 27.7 Å². The van der Waals surface area contributed by atoms with Crippen molar-refractivity contribution >= 4 is 34.4 Å². The Bertz CT molecular complexity index is 1070. The summed E-state index contributed by atoms with van der Waals surface area (Å²) in [4.78, 5) is 34.6. The number of carbonyl (C=O) groups excluding carboxylic acids is 2. The van der Waals surface area contributed by atoms with E-state index in [1.54, 1.807) is 27.7 Å². The molecule has 0 saturated carbocycles. The number of carbonyl (C=O) groups is 2. The number of hydrogen-bond acceptors (Lipinski definition) is 9. The van der Waals surface area contributed by atoms with Crippen LogP contribution in [0.25, 0.3) is 0 Å². The lowest BCUT2D eigenvalue weighted by molar-refractivity contribution is -0.133. The first kappa shape index (κ1) is 28.3. The molecule has 0 aromatic carbocycles. The number of ether oxygens (including phenoxy) is 1. The van der Waals surface area contributed by atoms with Crippen LogP contribution in [0.3, 0.4) is 0 Å². The highest BCUT2D eigenvalue weighted by molar-refractivity contribution is 7.91. The molecule has 2 amide bonds. The normalized spacial score (nSPS) is 22.7. The molecule has 1 N–H and O–H groups in total. The van der Waals surface area contributed by atoms with E-state index < -0.39 is 51.1 Å². The van der Waals surface area contributed by atoms with Crippen molar-refractivity contribution < 1.29 is 32.1 Å². The number of amides is 2. The number of hydrogen-bond donors (Lipinski definition) is 1. The molecule has 36 heavy (non-hydrogen) atoms. The smallest absolute Gasteiger partial charge is 0.444 e. The Morgan fingerprint density at radius 2 is 1.72 bits per heavy atom. The van der Waals surface area contributed by atoms with Crippen molar-refractivity contribution in [1.29, 1.82) is 0 Å². The number of alkyl carbamates (subject to hydrolysis) is 1. The number of rotatable bonds is 5. The lowest BCUT2D eigenvalue weighted by Gasteiger charge is -2.34. The van der Waals surface area contributed by atoms with E-state index in [1.165, 1.54) is 17.3 Å². The summed E-state index contributed by atoms with van der Waals surface area (Å²) < 4.78 is 43.7. The fourth-order valence-electron chi connectivity index (χ4n) is 3.93. The van der Waals surface area contributed by atoms with Gasteiger partial charge in [0.25, 0.3) is 0 Å². The van der Waals surface area contributed by atoms with Crippen LogP contribution in [0.5, 0.6) is 0 Å². The molecular formula is C23H37BN4O7S. The Balaban J connectivity index is 1.66. The molecule has 2 fully saturated rings. The summed E-state index contributed by atoms with van der Waals surface area (Å²) >= 11 is 0. The number of aromatic nitrogens is 2. The molecule has 11 nitrogen and oxygen atoms in total. The van der Waals surface area contributed by atoms with Crippen molar-refractivity contribution in [2.45, 2.75) is 101 Å². The van der Waals surface area contributed by atoms with Crippen LogP contribution >= 0.6 is 0 Å². The largest absolute Gasteiger partial charge is 0.498 e. The second kappa shape index (κ2) is 9.90. The first-order valence-electron chi connectivity index (χ1n) is 12.1. The molecule has 2 aliphatic rings. The van der Waals surface area contributed by atoms with Crippen LogP contribution < -0.4 is 10.8 Å². The molecule has 1 aromatic heterocycles. The summed E-state index contributed by atoms with van der Waals surface area (Å²) in [5.41, 5.74) is -1.27. The van der Waals surface area contributed by atoms with Crippen LogP contribution in [-0.2, 0) is 28.7 Å². The van der Waals surface area contributed by atoms with Gasteiger partial charge in [0.1, 0.15) is 11.6 Å². The van der Waals surface area contributed by atoms with E-state index in [2.05, 4.69) is 15.3 Å². The Morgan fingerprint density at radius 1 is 1.17 bits per heavy atom. The summed E-state index contributed by atoms with van der Waals surface area (Å²) in [5, 5.41) is 1.35. The van der Waals surface area contributed by atoms with Crippen LogP contribution in [0.2, 0.25) is 0 Å². The van der Waals surface area contributed by atoms with Crippen molar-refractivity contribution in [2.75, 3.05) is 13.1 Å². The van der Waals surface area contributed by atoms with E-state index in [0.717, 1.165) is 0 Å². The van der Waals surface area contributed by atoms with Gasteiger partial charge < -0.3 is 24.3 Å². The summed E-state index contributed by atoms with van der Waals surface area (Å²) in [7, 11) is -4.60. The van der Waals surface area contributed by atoms with Gasteiger partial charge in [0.2, 0.25) is 20.9 Å². The highest BCUT2D eigenvalue weighted by Gasteiger charge is 2.52. The van der Waals surface area contributed by atoms with Crippen molar-refractivity contribution in [3.8, 4) is 0 Å². The van der Waals surface area contributed by atoms with Gasteiger partial charge in [-0.15, -0.1) is 0 Å². The summed E-state index contributed by atoms with van der Waals surface area (Å²) in [6.07, 6.45) is 2.98. The third kappa shape index (κ3) is 6.17. The van der Waals surface area contributed by atoms with E-state index in [-0.39, 0.29) is 17.6 Å². The van der Waals surface area contributed by atoms with Crippen LogP contribution in [0, 0.1) is 0 Å². The second-order valence-electron chi connectivity index (χ2n) is 11.3. The van der Waals surface area contributed by atoms with Gasteiger partial charge in [-0.2, -0.15) is 0 Å². The van der Waals surface area contributed by atoms with Crippen LogP contribution in [0.15, 0.2) is 17.6 Å². The first-order chi connectivity index (χ1) is 16.4. The highest BCUT2D eigenvalue weighted by Crippen LogP contribution is 2.36. The zero-order chi connectivity index (χ0) is 27.1. The lowest BCUT2D eigenvalue weighted by atomic mass is 9.81. The monoisotopic (exact) mass is 524 g/mol. The Labute approximate surface area is 213 Å². The Morgan fingerprint density at radius 3 is 2.25 bits per heavy atom. The number of likely N-dealkylation sites (tertiary alicyclic amines) is 1. The maximum atomic E-state index is 13.3. The number of nitrogens with zero attached hydrogens (tertiary/aromatic N) is 3. The van der Waals surface area contributed by atoms with E-state index >= 15 is 0 Å². The lowest BCUT2D eigenvalue weighted by Crippen LogP contribution is -2.52. The Hall–Kier alpha value is -2.25. The quantitative estimate of drug-likeness (QED) is 0.448. The van der Waals surface area contributed by atoms with Crippen LogP contribution in [0.1, 0.15) is 68.2 Å². The molecule has 0 bridgehead atoms. The molecule has 0 unspecified atom stereocenters. The van der Waals surface area contributed by atoms with Gasteiger partial charge in [0, 0.05) is 30.9 Å². The zero-order valence-electron chi connectivity index (χ0n) is 22.3. The molecule has 13 heteroatoms. The predicted molar refractivity (Wildman–Crippen MR) is 133 cm³/mol. The predicted octanol–water partition coefficient (Wildman–Crippen LogP) is 1.45. The van der Waals surface area contributed by atoms with Gasteiger partial charge >= 0.3 is 13.2 Å². The number of nitrogens with one attached hydrogen (secondary N) is 1. The van der Waals surface area contributed by atoms with Gasteiger partial charge in [-0.25, -0.2) is 23.2 Å². The fraction of sp³-hybridized carbons (Fsp3) is 0.739. The molecule has 2 aliphatic heterocycles. The van der Waals surface area contributed by atoms with E-state index in [4.69, 9.17) is 14.0 Å². The van der Waals surface area contributed by atoms with E-state index in [0.29, 0.717) is 24.8 Å². The average Bonchev–Trinajstić information content (AvgIpc) is 2.99. The average molecular weight is 524 g/mol. The summed E-state index contributed by atoms with van der Waals surface area (Å²) in [5.74, 6) is -0.377. The van der Waals surface area contributed by atoms with Crippen LogP contribution in [0.4, 0.5) is 4.79 Å². The van der Waals surface area contributed by atoms with Crippen LogP contribution in [-0.4, -0.2) is 83.6 Å². The molecule has 2 atom stereocenters. The second-order valence-corrected chi connectivity index (χ2v) is 13.5. The van der Waals surface area contributed by atoms with Gasteiger partial charge in [0.15, 0.2) is 0 Å². The number of piperidine rings is 1. The SMILES string of the molecule is C[C@@H](NC(=O)OC(C)(C)C)C(=O)N1CCC[C@H](S(=O)(=O)c2ncc(B3OC(C)(C)C(C)(C)O3)cn2)C1. The molecule has 2 saturated heterocycles. The number of sulfone groups is 1. The van der Waals surface area contributed by atoms with Gasteiger partial charge in [0.05, 0.1) is 16.5 Å². The minimum Gasteiger partial charge on any atom is -0.444 e. The highest BCUT2D eigenvalue weighted by atomic mass is 32.2. The standard InChI is InChI=1S/C23H37BN4O7S/c1-15(27-20(30)33-21(2,3)4)18(29)28-11-9-10-17(14-28)36(31,32)19-25-12-16(13-26-19)24-34-22(5,6)23(7,8)35-24/h12-13,15,17H,9-11,14H2,1-8H3,(H,27,30)/t15-,17+/m1/s1. The van der Waals surface area contributed by atoms with Crippen molar-refractivity contribution in [3.05, 3.63) is 12.4 Å². The third-order valence-electron chi connectivity index (χ3n) is 6.66. The molecule has 3 rings (SSSR count). The third-order valence-corrected chi connectivity index (χ3v) is 8.64. The maximum Gasteiger partial charge on any atom is 0.498 e. The molecule has 0 spiro atoms. The van der Waals surface area contributed by atoms with Gasteiger partial charge in [-0.1, -0.05) is 0 Å². The van der Waals surface area contributed by atoms with Crippen molar-refractivity contribution in [2.24, 2.45) is 0 Å². The maximum absolute atomic E-state index is 13.3. The molecule has 0 aliphatic carbocycles. The Kier molecular flexibility index (Phi) is 7.79. The minimum absolute atomic E-state index is 0.0101. The molecule has 200 valence electrons. The zero-order valence-corrected chi connectivity index (χ0v) is 23.1. The van der Waals surface area contributed by atoms with Gasteiger partial charge in [-0.05, 0) is 68.2 Å². The van der Waals surface area contributed by atoms with Crippen molar-refractivity contribution in [3.63, 3.8) is 0 Å². The first-order valence-corrected chi connectivity index (χ1v) is 13.7. The molecule has 3 heterocycles. The van der Waals surface area contributed by atoms with Gasteiger partial charge in [-0.3, -0.25) is 4.79 Å². The topological polar surface area (TPSA) is 137 Å². The fourth-order valence-corrected chi connectivity index (χ4v) is 5.49. The van der Waals surface area contributed by atoms with Crippen molar-refractivity contribution in [1.82, 2.24) is 20.2 Å². The minimum atomic E-state index is -3.90. The summed E-state index contributed by atoms with van der Waals surface area (Å²) in [6, 6.07) is -0.864. The van der Waals surface area contributed by atoms with E-state index in [9.17, 15) is 18.0 Å². The molecular weight excluding hydrogens is 487 g/mol.